The summed E-state index contributed by atoms with van der Waals surface area (Å²) in [5, 5.41) is 3.22. The molecular weight excluding hydrogens is 476 g/mol. The first kappa shape index (κ1) is 27.1. The average molecular weight is 529 g/mol. The van der Waals surface area contributed by atoms with Gasteiger partial charge in [-0.2, -0.15) is 0 Å². The first-order valence-corrected chi connectivity index (χ1v) is 15.8. The molecular formula is C32H52N2O4. The zero-order valence-electron chi connectivity index (χ0n) is 24.8. The van der Waals surface area contributed by atoms with Crippen LogP contribution in [0.1, 0.15) is 98.3 Å². The van der Waals surface area contributed by atoms with E-state index in [1.54, 1.807) is 14.1 Å². The lowest BCUT2D eigenvalue weighted by atomic mass is 9.44. The molecule has 6 aliphatic rings. The van der Waals surface area contributed by atoms with E-state index in [0.717, 1.165) is 43.6 Å². The number of rotatable bonds is 3. The molecule has 6 rings (SSSR count). The zero-order valence-corrected chi connectivity index (χ0v) is 24.8. The van der Waals surface area contributed by atoms with Crippen LogP contribution in [0.15, 0.2) is 0 Å². The number of carbonyl (C=O) groups excluding carboxylic acids is 2. The summed E-state index contributed by atoms with van der Waals surface area (Å²) in [6, 6.07) is 0.218. The Hall–Kier alpha value is -1.14. The Morgan fingerprint density at radius 1 is 0.921 bits per heavy atom. The maximum atomic E-state index is 12.5. The van der Waals surface area contributed by atoms with Crippen molar-refractivity contribution in [2.24, 2.45) is 52.3 Å². The van der Waals surface area contributed by atoms with Gasteiger partial charge in [0.15, 0.2) is 5.79 Å². The number of hydrogen-bond donors (Lipinski definition) is 1. The molecule has 4 aliphatic carbocycles. The highest BCUT2D eigenvalue weighted by Gasteiger charge is 2.69. The van der Waals surface area contributed by atoms with E-state index in [2.05, 4.69) is 33.0 Å². The van der Waals surface area contributed by atoms with Gasteiger partial charge in [-0.05, 0) is 104 Å². The summed E-state index contributed by atoms with van der Waals surface area (Å²) in [5.41, 5.74) is 0.744. The van der Waals surface area contributed by atoms with Crippen LogP contribution in [0.2, 0.25) is 0 Å². The van der Waals surface area contributed by atoms with Crippen molar-refractivity contribution >= 4 is 11.8 Å². The van der Waals surface area contributed by atoms with Gasteiger partial charge in [-0.3, -0.25) is 9.59 Å². The molecule has 38 heavy (non-hydrogen) atoms. The van der Waals surface area contributed by atoms with E-state index in [1.165, 1.54) is 49.8 Å². The second kappa shape index (κ2) is 9.46. The lowest BCUT2D eigenvalue weighted by Crippen LogP contribution is -2.56. The number of nitrogens with zero attached hydrogens (tertiary/aromatic N) is 1. The summed E-state index contributed by atoms with van der Waals surface area (Å²) in [7, 11) is 3.42. The third kappa shape index (κ3) is 4.09. The average Bonchev–Trinajstić information content (AvgIpc) is 3.31. The molecule has 6 fully saturated rings. The topological polar surface area (TPSA) is 67.9 Å². The van der Waals surface area contributed by atoms with Crippen LogP contribution < -0.4 is 5.32 Å². The lowest BCUT2D eigenvalue weighted by Gasteiger charge is -2.61. The molecule has 0 aromatic heterocycles. The molecule has 2 amide bonds. The Morgan fingerprint density at radius 3 is 2.39 bits per heavy atom. The highest BCUT2D eigenvalue weighted by atomic mass is 16.7. The minimum absolute atomic E-state index is 0.0371. The zero-order chi connectivity index (χ0) is 27.0. The number of fused-ring (bicyclic) bond motifs is 7. The molecule has 6 heteroatoms. The SMILES string of the molecule is C[C@@H]1CC[C@@]2(OC1)O[C@H]1C[C@H]3[C@@H]4CC[C@@H]5C[C@@H](NC(=O)CC(=O)N(C)C)CC[C@]5(C)[C@H]4CC[C@]3(C)[C@H]1[C@@H]2C. The van der Waals surface area contributed by atoms with E-state index in [9.17, 15) is 9.59 Å². The van der Waals surface area contributed by atoms with Crippen molar-refractivity contribution in [1.29, 1.82) is 0 Å². The van der Waals surface area contributed by atoms with Crippen LogP contribution in [-0.2, 0) is 19.1 Å². The van der Waals surface area contributed by atoms with Crippen LogP contribution in [0.5, 0.6) is 0 Å². The summed E-state index contributed by atoms with van der Waals surface area (Å²) in [6.45, 7) is 10.8. The molecule has 12 atom stereocenters. The lowest BCUT2D eigenvalue weighted by molar-refractivity contribution is -0.273. The number of nitrogens with one attached hydrogen (secondary N) is 1. The van der Waals surface area contributed by atoms with Crippen molar-refractivity contribution in [3.8, 4) is 0 Å². The van der Waals surface area contributed by atoms with E-state index in [-0.39, 0.29) is 30.1 Å². The highest BCUT2D eigenvalue weighted by molar-refractivity contribution is 5.96. The van der Waals surface area contributed by atoms with Gasteiger partial charge >= 0.3 is 0 Å². The van der Waals surface area contributed by atoms with E-state index in [4.69, 9.17) is 9.47 Å². The maximum Gasteiger partial charge on any atom is 0.231 e. The second-order valence-electron chi connectivity index (χ2n) is 15.2. The fourth-order valence-electron chi connectivity index (χ4n) is 11.0. The molecule has 2 aliphatic heterocycles. The summed E-state index contributed by atoms with van der Waals surface area (Å²) < 4.78 is 13.4. The molecule has 214 valence electrons. The predicted molar refractivity (Wildman–Crippen MR) is 147 cm³/mol. The van der Waals surface area contributed by atoms with Gasteiger partial charge in [0.1, 0.15) is 6.42 Å². The van der Waals surface area contributed by atoms with E-state index < -0.39 is 0 Å². The summed E-state index contributed by atoms with van der Waals surface area (Å²) in [5.74, 6) is 4.25. The molecule has 2 saturated heterocycles. The third-order valence-corrected chi connectivity index (χ3v) is 13.1. The van der Waals surface area contributed by atoms with Crippen LogP contribution in [0.4, 0.5) is 0 Å². The predicted octanol–water partition coefficient (Wildman–Crippen LogP) is 5.40. The van der Waals surface area contributed by atoms with Gasteiger partial charge in [0, 0.05) is 32.5 Å². The molecule has 0 radical (unpaired) electrons. The number of ether oxygens (including phenoxy) is 2. The van der Waals surface area contributed by atoms with Crippen molar-refractivity contribution in [1.82, 2.24) is 10.2 Å². The Kier molecular flexibility index (Phi) is 6.74. The maximum absolute atomic E-state index is 12.5. The van der Waals surface area contributed by atoms with Crippen LogP contribution in [-0.4, -0.2) is 55.3 Å². The molecule has 0 unspecified atom stereocenters. The van der Waals surface area contributed by atoms with E-state index >= 15 is 0 Å². The van der Waals surface area contributed by atoms with Crippen LogP contribution >= 0.6 is 0 Å². The summed E-state index contributed by atoms with van der Waals surface area (Å²) >= 11 is 0. The number of amides is 2. The normalized spacial score (nSPS) is 51.5. The van der Waals surface area contributed by atoms with E-state index in [0.29, 0.717) is 40.6 Å². The largest absolute Gasteiger partial charge is 0.353 e. The van der Waals surface area contributed by atoms with E-state index in [1.807, 2.05) is 0 Å². The smallest absolute Gasteiger partial charge is 0.231 e. The number of hydrogen-bond acceptors (Lipinski definition) is 4. The van der Waals surface area contributed by atoms with Gasteiger partial charge in [-0.25, -0.2) is 0 Å². The Bertz CT molecular complexity index is 944. The fraction of sp³-hybridized carbons (Fsp3) is 0.938. The fourth-order valence-corrected chi connectivity index (χ4v) is 11.0. The van der Waals surface area contributed by atoms with Gasteiger partial charge in [-0.15, -0.1) is 0 Å². The number of carbonyl (C=O) groups is 2. The van der Waals surface area contributed by atoms with Crippen LogP contribution in [0.3, 0.4) is 0 Å². The van der Waals surface area contributed by atoms with Crippen molar-refractivity contribution < 1.29 is 19.1 Å². The minimum atomic E-state index is -0.323. The summed E-state index contributed by atoms with van der Waals surface area (Å²) in [4.78, 5) is 26.0. The van der Waals surface area contributed by atoms with Gasteiger partial charge in [0.05, 0.1) is 12.7 Å². The Labute approximate surface area is 230 Å². The molecule has 0 bridgehead atoms. The molecule has 0 aromatic rings. The molecule has 4 saturated carbocycles. The van der Waals surface area contributed by atoms with Gasteiger partial charge in [-0.1, -0.05) is 27.7 Å². The third-order valence-electron chi connectivity index (χ3n) is 13.1. The van der Waals surface area contributed by atoms with Crippen LogP contribution in [0, 0.1) is 52.3 Å². The van der Waals surface area contributed by atoms with Crippen molar-refractivity contribution in [2.75, 3.05) is 20.7 Å². The quantitative estimate of drug-likeness (QED) is 0.499. The second-order valence-corrected chi connectivity index (χ2v) is 15.2. The first-order chi connectivity index (χ1) is 18.0. The Morgan fingerprint density at radius 2 is 1.68 bits per heavy atom. The monoisotopic (exact) mass is 528 g/mol. The standard InChI is InChI=1S/C32H52N2O4/c1-19-9-14-32(37-18-19)20(2)29-26(38-32)16-25-23-8-7-21-15-22(33-27(35)17-28(36)34(5)6)10-12-30(21,3)24(23)11-13-31(25,29)4/h19-26,29H,7-18H2,1-6H3,(H,33,35)/t19-,20+,21-,22+,23-,24+,25+,26+,29+,30+,31+,32-/m1/s1. The van der Waals surface area contributed by atoms with Crippen molar-refractivity contribution in [3.63, 3.8) is 0 Å². The Balaban J connectivity index is 1.12. The van der Waals surface area contributed by atoms with Crippen molar-refractivity contribution in [3.05, 3.63) is 0 Å². The first-order valence-electron chi connectivity index (χ1n) is 15.8. The van der Waals surface area contributed by atoms with Gasteiger partial charge < -0.3 is 19.7 Å². The van der Waals surface area contributed by atoms with Crippen molar-refractivity contribution in [2.45, 2.75) is 116 Å². The summed E-state index contributed by atoms with van der Waals surface area (Å²) in [6.07, 6.45) is 12.5. The molecule has 1 spiro atoms. The van der Waals surface area contributed by atoms with Crippen LogP contribution in [0.25, 0.3) is 0 Å². The molecule has 6 nitrogen and oxygen atoms in total. The highest BCUT2D eigenvalue weighted by Crippen LogP contribution is 2.71. The molecule has 2 heterocycles. The molecule has 1 N–H and O–H groups in total. The molecule has 0 aromatic carbocycles. The minimum Gasteiger partial charge on any atom is -0.353 e. The van der Waals surface area contributed by atoms with Gasteiger partial charge in [0.25, 0.3) is 0 Å². The van der Waals surface area contributed by atoms with Gasteiger partial charge in [0.2, 0.25) is 11.8 Å².